The van der Waals surface area contributed by atoms with E-state index in [9.17, 15) is 0 Å². The molecule has 0 fully saturated rings. The highest BCUT2D eigenvalue weighted by atomic mass is 16.3. The van der Waals surface area contributed by atoms with Gasteiger partial charge in [0.15, 0.2) is 0 Å². The second-order valence-corrected chi connectivity index (χ2v) is 4.68. The van der Waals surface area contributed by atoms with E-state index >= 15 is 0 Å². The van der Waals surface area contributed by atoms with Crippen LogP contribution in [0.2, 0.25) is 0 Å². The molecule has 0 atom stereocenters. The van der Waals surface area contributed by atoms with E-state index in [2.05, 4.69) is 4.90 Å². The van der Waals surface area contributed by atoms with Gasteiger partial charge in [0, 0.05) is 12.1 Å². The summed E-state index contributed by atoms with van der Waals surface area (Å²) in [5.41, 5.74) is 6.71. The fraction of sp³-hybridized carbons (Fsp3) is 0.429. The highest BCUT2D eigenvalue weighted by molar-refractivity contribution is 5.20. The van der Waals surface area contributed by atoms with E-state index < -0.39 is 0 Å². The van der Waals surface area contributed by atoms with Gasteiger partial charge in [0.05, 0.1) is 13.1 Å². The first-order chi connectivity index (χ1) is 8.58. The summed E-state index contributed by atoms with van der Waals surface area (Å²) in [7, 11) is 2.04. The highest BCUT2D eigenvalue weighted by Gasteiger charge is 2.10. The molecule has 4 nitrogen and oxygen atoms in total. The van der Waals surface area contributed by atoms with Gasteiger partial charge in [0.1, 0.15) is 23.0 Å². The molecule has 0 unspecified atom stereocenters. The number of rotatable bonds is 5. The number of furan rings is 2. The van der Waals surface area contributed by atoms with Crippen molar-refractivity contribution in [3.8, 4) is 0 Å². The Kier molecular flexibility index (Phi) is 3.89. The van der Waals surface area contributed by atoms with Crippen LogP contribution in [0.3, 0.4) is 0 Å². The highest BCUT2D eigenvalue weighted by Crippen LogP contribution is 2.16. The fourth-order valence-corrected chi connectivity index (χ4v) is 2.03. The van der Waals surface area contributed by atoms with E-state index in [0.717, 1.165) is 41.7 Å². The Labute approximate surface area is 107 Å². The molecule has 0 amide bonds. The van der Waals surface area contributed by atoms with Gasteiger partial charge in [0.2, 0.25) is 0 Å². The van der Waals surface area contributed by atoms with Crippen LogP contribution in [0.15, 0.2) is 27.0 Å². The zero-order chi connectivity index (χ0) is 13.1. The predicted molar refractivity (Wildman–Crippen MR) is 70.0 cm³/mol. The van der Waals surface area contributed by atoms with Crippen molar-refractivity contribution in [2.24, 2.45) is 5.73 Å². The van der Waals surface area contributed by atoms with Crippen LogP contribution in [0, 0.1) is 13.8 Å². The van der Waals surface area contributed by atoms with Gasteiger partial charge in [0.25, 0.3) is 0 Å². The normalized spacial score (nSPS) is 11.4. The minimum Gasteiger partial charge on any atom is -0.465 e. The van der Waals surface area contributed by atoms with Crippen molar-refractivity contribution in [1.29, 1.82) is 0 Å². The lowest BCUT2D eigenvalue weighted by Crippen LogP contribution is -2.16. The average molecular weight is 248 g/mol. The first-order valence-corrected chi connectivity index (χ1v) is 6.10. The third-order valence-electron chi connectivity index (χ3n) is 2.94. The van der Waals surface area contributed by atoms with Crippen LogP contribution in [0.25, 0.3) is 0 Å². The van der Waals surface area contributed by atoms with Gasteiger partial charge in [-0.1, -0.05) is 0 Å². The molecular weight excluding hydrogens is 228 g/mol. The van der Waals surface area contributed by atoms with Crippen LogP contribution in [0.5, 0.6) is 0 Å². The third kappa shape index (κ3) is 3.03. The van der Waals surface area contributed by atoms with Crippen LogP contribution >= 0.6 is 0 Å². The van der Waals surface area contributed by atoms with Crippen molar-refractivity contribution < 1.29 is 8.83 Å². The smallest absolute Gasteiger partial charge is 0.118 e. The van der Waals surface area contributed by atoms with Gasteiger partial charge in [-0.25, -0.2) is 0 Å². The molecule has 2 aromatic heterocycles. The third-order valence-corrected chi connectivity index (χ3v) is 2.94. The van der Waals surface area contributed by atoms with Crippen LogP contribution in [-0.2, 0) is 19.6 Å². The van der Waals surface area contributed by atoms with Gasteiger partial charge in [-0.05, 0) is 39.1 Å². The van der Waals surface area contributed by atoms with Crippen molar-refractivity contribution >= 4 is 0 Å². The van der Waals surface area contributed by atoms with E-state index in [1.165, 1.54) is 0 Å². The summed E-state index contributed by atoms with van der Waals surface area (Å²) >= 11 is 0. The Hall–Kier alpha value is -1.52. The monoisotopic (exact) mass is 248 g/mol. The Balaban J connectivity index is 1.96. The maximum absolute atomic E-state index is 5.67. The van der Waals surface area contributed by atoms with Crippen LogP contribution < -0.4 is 5.73 Å². The van der Waals surface area contributed by atoms with E-state index in [0.29, 0.717) is 6.54 Å². The molecule has 98 valence electrons. The number of aryl methyl sites for hydroxylation is 2. The van der Waals surface area contributed by atoms with Crippen LogP contribution in [0.1, 0.15) is 28.6 Å². The van der Waals surface area contributed by atoms with Gasteiger partial charge in [-0.3, -0.25) is 4.90 Å². The molecule has 0 aliphatic carbocycles. The molecule has 0 aliphatic rings. The second-order valence-electron chi connectivity index (χ2n) is 4.68. The Bertz CT molecular complexity index is 514. The van der Waals surface area contributed by atoms with E-state index in [1.54, 1.807) is 0 Å². The van der Waals surface area contributed by atoms with Crippen molar-refractivity contribution in [2.75, 3.05) is 7.05 Å². The zero-order valence-electron chi connectivity index (χ0n) is 11.2. The molecule has 0 spiro atoms. The molecule has 2 aromatic rings. The minimum atomic E-state index is 0.524. The minimum absolute atomic E-state index is 0.524. The Morgan fingerprint density at radius 1 is 1.11 bits per heavy atom. The van der Waals surface area contributed by atoms with Crippen molar-refractivity contribution in [1.82, 2.24) is 4.90 Å². The van der Waals surface area contributed by atoms with Gasteiger partial charge >= 0.3 is 0 Å². The standard InChI is InChI=1S/C14H20N2O2/c1-10-4-5-13(17-10)8-16(3)9-14-6-12(7-15)11(2)18-14/h4-6H,7-9,15H2,1-3H3. The maximum Gasteiger partial charge on any atom is 0.118 e. The van der Waals surface area contributed by atoms with Gasteiger partial charge in [-0.15, -0.1) is 0 Å². The molecule has 2 heterocycles. The summed E-state index contributed by atoms with van der Waals surface area (Å²) in [6.07, 6.45) is 0. The molecule has 0 bridgehead atoms. The second kappa shape index (κ2) is 5.42. The molecule has 4 heteroatoms. The fourth-order valence-electron chi connectivity index (χ4n) is 2.03. The quantitative estimate of drug-likeness (QED) is 0.883. The molecule has 0 aromatic carbocycles. The Morgan fingerprint density at radius 2 is 1.83 bits per heavy atom. The summed E-state index contributed by atoms with van der Waals surface area (Å²) in [4.78, 5) is 2.15. The van der Waals surface area contributed by atoms with E-state index in [4.69, 9.17) is 14.6 Å². The topological polar surface area (TPSA) is 55.5 Å². The van der Waals surface area contributed by atoms with Crippen LogP contribution in [-0.4, -0.2) is 11.9 Å². The lowest BCUT2D eigenvalue weighted by molar-refractivity contribution is 0.261. The van der Waals surface area contributed by atoms with E-state index in [1.807, 2.05) is 39.1 Å². The molecule has 0 saturated carbocycles. The zero-order valence-corrected chi connectivity index (χ0v) is 11.2. The molecule has 0 aliphatic heterocycles. The summed E-state index contributed by atoms with van der Waals surface area (Å²) in [5.74, 6) is 3.77. The number of hydrogen-bond donors (Lipinski definition) is 1. The lowest BCUT2D eigenvalue weighted by atomic mass is 10.2. The maximum atomic E-state index is 5.67. The van der Waals surface area contributed by atoms with Crippen molar-refractivity contribution in [3.63, 3.8) is 0 Å². The predicted octanol–water partition coefficient (Wildman–Crippen LogP) is 2.58. The summed E-state index contributed by atoms with van der Waals surface area (Å²) in [6, 6.07) is 6.01. The molecule has 2 rings (SSSR count). The van der Waals surface area contributed by atoms with Gasteiger partial charge in [-0.2, -0.15) is 0 Å². The summed E-state index contributed by atoms with van der Waals surface area (Å²) < 4.78 is 11.2. The first kappa shape index (κ1) is 12.9. The molecule has 0 radical (unpaired) electrons. The van der Waals surface area contributed by atoms with Crippen LogP contribution in [0.4, 0.5) is 0 Å². The number of nitrogens with zero attached hydrogens (tertiary/aromatic N) is 1. The average Bonchev–Trinajstić information content (AvgIpc) is 2.85. The number of hydrogen-bond acceptors (Lipinski definition) is 4. The van der Waals surface area contributed by atoms with Crippen molar-refractivity contribution in [3.05, 3.63) is 46.8 Å². The lowest BCUT2D eigenvalue weighted by Gasteiger charge is -2.12. The molecule has 0 saturated heterocycles. The first-order valence-electron chi connectivity index (χ1n) is 6.10. The van der Waals surface area contributed by atoms with E-state index in [-0.39, 0.29) is 0 Å². The van der Waals surface area contributed by atoms with Crippen molar-refractivity contribution in [2.45, 2.75) is 33.5 Å². The molecule has 18 heavy (non-hydrogen) atoms. The Morgan fingerprint density at radius 3 is 2.39 bits per heavy atom. The summed E-state index contributed by atoms with van der Waals surface area (Å²) in [5, 5.41) is 0. The molecule has 2 N–H and O–H groups in total. The largest absolute Gasteiger partial charge is 0.465 e. The SMILES string of the molecule is Cc1ccc(CN(C)Cc2cc(CN)c(C)o2)o1. The van der Waals surface area contributed by atoms with Gasteiger partial charge < -0.3 is 14.6 Å². The number of nitrogens with two attached hydrogens (primary N) is 1. The molecular formula is C14H20N2O2. The summed E-state index contributed by atoms with van der Waals surface area (Å²) in [6.45, 7) is 5.94.